The lowest BCUT2D eigenvalue weighted by Crippen LogP contribution is -2.47. The van der Waals surface area contributed by atoms with Crippen LogP contribution in [-0.4, -0.2) is 43.0 Å². The van der Waals surface area contributed by atoms with Gasteiger partial charge in [0.2, 0.25) is 0 Å². The minimum absolute atomic E-state index is 0.412. The summed E-state index contributed by atoms with van der Waals surface area (Å²) in [4.78, 5) is 2.74. The van der Waals surface area contributed by atoms with Crippen LogP contribution < -0.4 is 0 Å². The molecule has 0 aromatic rings. The van der Waals surface area contributed by atoms with Gasteiger partial charge in [-0.15, -0.1) is 0 Å². The zero-order chi connectivity index (χ0) is 12.8. The first kappa shape index (κ1) is 14.7. The van der Waals surface area contributed by atoms with Gasteiger partial charge in [-0.25, -0.2) is 0 Å². The van der Waals surface area contributed by atoms with E-state index in [1.807, 2.05) is 0 Å². The fourth-order valence-electron chi connectivity index (χ4n) is 3.55. The topological polar surface area (TPSA) is 12.5 Å². The molecular weight excluding hydrogens is 242 g/mol. The van der Waals surface area contributed by atoms with Gasteiger partial charge in [0.1, 0.15) is 0 Å². The predicted molar refractivity (Wildman–Crippen MR) is 80.5 cm³/mol. The first-order chi connectivity index (χ1) is 8.79. The maximum absolute atomic E-state index is 5.53. The van der Waals surface area contributed by atoms with Gasteiger partial charge < -0.3 is 9.64 Å². The number of hydrogen-bond acceptors (Lipinski definition) is 3. The lowest BCUT2D eigenvalue weighted by molar-refractivity contribution is -0.00233. The SMILES string of the molecule is CCN(CC1(CS)CCOCC1)C1CCCCC1. The summed E-state index contributed by atoms with van der Waals surface area (Å²) >= 11 is 4.64. The van der Waals surface area contributed by atoms with Crippen LogP contribution in [0.15, 0.2) is 0 Å². The van der Waals surface area contributed by atoms with Gasteiger partial charge in [-0.1, -0.05) is 26.2 Å². The molecule has 1 aliphatic carbocycles. The Hall–Kier alpha value is 0.270. The predicted octanol–water partition coefficient (Wildman–Crippen LogP) is 3.37. The van der Waals surface area contributed by atoms with Crippen molar-refractivity contribution in [2.45, 2.75) is 57.9 Å². The molecule has 1 saturated heterocycles. The summed E-state index contributed by atoms with van der Waals surface area (Å²) < 4.78 is 5.53. The van der Waals surface area contributed by atoms with Crippen LogP contribution in [0.1, 0.15) is 51.9 Å². The van der Waals surface area contributed by atoms with E-state index in [9.17, 15) is 0 Å². The molecule has 0 amide bonds. The van der Waals surface area contributed by atoms with Crippen molar-refractivity contribution in [3.63, 3.8) is 0 Å². The molecule has 0 atom stereocenters. The molecule has 2 fully saturated rings. The van der Waals surface area contributed by atoms with E-state index in [1.165, 1.54) is 58.0 Å². The van der Waals surface area contributed by atoms with Crippen LogP contribution in [0.3, 0.4) is 0 Å². The Morgan fingerprint density at radius 3 is 2.39 bits per heavy atom. The molecule has 0 radical (unpaired) electrons. The van der Waals surface area contributed by atoms with Gasteiger partial charge in [0.05, 0.1) is 0 Å². The van der Waals surface area contributed by atoms with Crippen LogP contribution in [0.5, 0.6) is 0 Å². The molecule has 1 heterocycles. The molecule has 2 nitrogen and oxygen atoms in total. The summed E-state index contributed by atoms with van der Waals surface area (Å²) in [6, 6.07) is 0.836. The molecule has 0 aromatic heterocycles. The lowest BCUT2D eigenvalue weighted by atomic mass is 9.80. The first-order valence-electron chi connectivity index (χ1n) is 7.72. The average molecular weight is 271 g/mol. The normalized spacial score (nSPS) is 25.5. The van der Waals surface area contributed by atoms with Crippen molar-refractivity contribution in [3.8, 4) is 0 Å². The van der Waals surface area contributed by atoms with Crippen LogP contribution in [0, 0.1) is 5.41 Å². The fraction of sp³-hybridized carbons (Fsp3) is 1.00. The van der Waals surface area contributed by atoms with E-state index < -0.39 is 0 Å². The Morgan fingerprint density at radius 1 is 1.17 bits per heavy atom. The van der Waals surface area contributed by atoms with Crippen molar-refractivity contribution in [1.82, 2.24) is 4.90 Å². The van der Waals surface area contributed by atoms with Crippen LogP contribution in [0.4, 0.5) is 0 Å². The molecule has 0 N–H and O–H groups in total. The monoisotopic (exact) mass is 271 g/mol. The summed E-state index contributed by atoms with van der Waals surface area (Å²) in [7, 11) is 0. The number of ether oxygens (including phenoxy) is 1. The quantitative estimate of drug-likeness (QED) is 0.770. The average Bonchev–Trinajstić information content (AvgIpc) is 2.47. The van der Waals surface area contributed by atoms with E-state index in [4.69, 9.17) is 4.74 Å². The molecule has 2 rings (SSSR count). The van der Waals surface area contributed by atoms with Crippen molar-refractivity contribution < 1.29 is 4.74 Å². The third-order valence-electron chi connectivity index (χ3n) is 4.92. The zero-order valence-electron chi connectivity index (χ0n) is 11.9. The van der Waals surface area contributed by atoms with Crippen molar-refractivity contribution in [2.24, 2.45) is 5.41 Å². The van der Waals surface area contributed by atoms with Crippen molar-refractivity contribution in [2.75, 3.05) is 32.1 Å². The van der Waals surface area contributed by atoms with Gasteiger partial charge in [-0.2, -0.15) is 12.6 Å². The standard InChI is InChI=1S/C15H29NOS/c1-2-16(14-6-4-3-5-7-14)12-15(13-18)8-10-17-11-9-15/h14,18H,2-13H2,1H3. The molecule has 0 bridgehead atoms. The Balaban J connectivity index is 1.94. The Labute approximate surface area is 118 Å². The number of hydrogen-bond donors (Lipinski definition) is 1. The van der Waals surface area contributed by atoms with E-state index >= 15 is 0 Å². The third-order valence-corrected chi connectivity index (χ3v) is 5.60. The molecule has 1 saturated carbocycles. The first-order valence-corrected chi connectivity index (χ1v) is 8.35. The fourth-order valence-corrected chi connectivity index (χ4v) is 3.96. The summed E-state index contributed by atoms with van der Waals surface area (Å²) in [5, 5.41) is 0. The second-order valence-corrected chi connectivity index (χ2v) is 6.44. The van der Waals surface area contributed by atoms with Crippen LogP contribution in [-0.2, 0) is 4.74 Å². The van der Waals surface area contributed by atoms with Gasteiger partial charge in [-0.05, 0) is 43.4 Å². The number of rotatable bonds is 5. The van der Waals surface area contributed by atoms with Gasteiger partial charge >= 0.3 is 0 Å². The van der Waals surface area contributed by atoms with Gasteiger partial charge in [0, 0.05) is 25.8 Å². The van der Waals surface area contributed by atoms with E-state index in [0.717, 1.165) is 25.0 Å². The number of thiol groups is 1. The summed E-state index contributed by atoms with van der Waals surface area (Å²) in [5.41, 5.74) is 0.412. The molecule has 0 aromatic carbocycles. The molecule has 3 heteroatoms. The highest BCUT2D eigenvalue weighted by molar-refractivity contribution is 7.80. The molecule has 2 aliphatic rings. The highest BCUT2D eigenvalue weighted by atomic mass is 32.1. The Kier molecular flexibility index (Phi) is 5.84. The smallest absolute Gasteiger partial charge is 0.0472 e. The van der Waals surface area contributed by atoms with Crippen LogP contribution in [0.25, 0.3) is 0 Å². The summed E-state index contributed by atoms with van der Waals surface area (Å²) in [6.45, 7) is 6.62. The molecule has 106 valence electrons. The molecule has 1 aliphatic heterocycles. The van der Waals surface area contributed by atoms with Crippen LogP contribution >= 0.6 is 12.6 Å². The zero-order valence-corrected chi connectivity index (χ0v) is 12.8. The van der Waals surface area contributed by atoms with Crippen molar-refractivity contribution in [3.05, 3.63) is 0 Å². The molecule has 0 spiro atoms. The van der Waals surface area contributed by atoms with E-state index in [-0.39, 0.29) is 0 Å². The van der Waals surface area contributed by atoms with Crippen molar-refractivity contribution in [1.29, 1.82) is 0 Å². The third kappa shape index (κ3) is 3.64. The summed E-state index contributed by atoms with van der Waals surface area (Å²) in [5.74, 6) is 1.01. The maximum Gasteiger partial charge on any atom is 0.0472 e. The minimum atomic E-state index is 0.412. The largest absolute Gasteiger partial charge is 0.381 e. The summed E-state index contributed by atoms with van der Waals surface area (Å²) in [6.07, 6.45) is 9.51. The molecule has 18 heavy (non-hydrogen) atoms. The highest BCUT2D eigenvalue weighted by Crippen LogP contribution is 2.34. The van der Waals surface area contributed by atoms with Crippen molar-refractivity contribution >= 4 is 12.6 Å². The second-order valence-electron chi connectivity index (χ2n) is 6.13. The maximum atomic E-state index is 5.53. The lowest BCUT2D eigenvalue weighted by Gasteiger charge is -2.43. The Morgan fingerprint density at radius 2 is 1.83 bits per heavy atom. The minimum Gasteiger partial charge on any atom is -0.381 e. The molecule has 0 unspecified atom stereocenters. The van der Waals surface area contributed by atoms with E-state index in [1.54, 1.807) is 0 Å². The highest BCUT2D eigenvalue weighted by Gasteiger charge is 2.34. The van der Waals surface area contributed by atoms with Gasteiger partial charge in [0.15, 0.2) is 0 Å². The second kappa shape index (κ2) is 7.16. The molecular formula is C15H29NOS. The van der Waals surface area contributed by atoms with Gasteiger partial charge in [-0.3, -0.25) is 0 Å². The van der Waals surface area contributed by atoms with Crippen LogP contribution in [0.2, 0.25) is 0 Å². The Bertz CT molecular complexity index is 235. The van der Waals surface area contributed by atoms with E-state index in [0.29, 0.717) is 5.41 Å². The van der Waals surface area contributed by atoms with E-state index in [2.05, 4.69) is 24.5 Å². The number of nitrogens with zero attached hydrogens (tertiary/aromatic N) is 1. The van der Waals surface area contributed by atoms with Gasteiger partial charge in [0.25, 0.3) is 0 Å².